The highest BCUT2D eigenvalue weighted by Gasteiger charge is 2.25. The van der Waals surface area contributed by atoms with Gasteiger partial charge in [-0.25, -0.2) is 14.8 Å². The second kappa shape index (κ2) is 6.25. The molecule has 2 amide bonds. The van der Waals surface area contributed by atoms with E-state index in [0.717, 1.165) is 29.4 Å². The third-order valence-electron chi connectivity index (χ3n) is 3.95. The summed E-state index contributed by atoms with van der Waals surface area (Å²) in [5.41, 5.74) is 2.17. The van der Waals surface area contributed by atoms with Crippen LogP contribution in [0.25, 0.3) is 0 Å². The number of hydrogen-bond acceptors (Lipinski definition) is 5. The first-order valence-corrected chi connectivity index (χ1v) is 8.66. The van der Waals surface area contributed by atoms with Crippen molar-refractivity contribution in [1.82, 2.24) is 15.3 Å². The molecule has 3 heterocycles. The van der Waals surface area contributed by atoms with Crippen LogP contribution in [0.1, 0.15) is 40.0 Å². The Labute approximate surface area is 138 Å². The molecule has 0 aromatic carbocycles. The van der Waals surface area contributed by atoms with Crippen LogP contribution in [0, 0.1) is 0 Å². The molecule has 1 saturated carbocycles. The number of carbonyl (C=O) groups excluding carboxylic acids is 1. The summed E-state index contributed by atoms with van der Waals surface area (Å²) in [7, 11) is 0. The lowest BCUT2D eigenvalue weighted by Crippen LogP contribution is -2.28. The SMILES string of the molecule is O=C(NCc1nc2c(s1)COCC2)Nc1cccc(C2CC2)n1. The number of aromatic nitrogens is 2. The maximum atomic E-state index is 12.0. The van der Waals surface area contributed by atoms with Crippen molar-refractivity contribution >= 4 is 23.2 Å². The highest BCUT2D eigenvalue weighted by Crippen LogP contribution is 2.39. The van der Waals surface area contributed by atoms with E-state index in [1.807, 2.05) is 18.2 Å². The number of hydrogen-bond donors (Lipinski definition) is 2. The van der Waals surface area contributed by atoms with Crippen molar-refractivity contribution in [2.24, 2.45) is 0 Å². The molecule has 1 aliphatic heterocycles. The molecule has 0 bridgehead atoms. The molecular weight excluding hydrogens is 312 g/mol. The zero-order valence-corrected chi connectivity index (χ0v) is 13.5. The van der Waals surface area contributed by atoms with Gasteiger partial charge in [0.1, 0.15) is 10.8 Å². The zero-order valence-electron chi connectivity index (χ0n) is 12.7. The highest BCUT2D eigenvalue weighted by atomic mass is 32.1. The molecule has 2 aromatic heterocycles. The molecular formula is C16H18N4O2S. The van der Waals surface area contributed by atoms with Gasteiger partial charge in [-0.2, -0.15) is 0 Å². The molecule has 2 aliphatic rings. The average Bonchev–Trinajstić information content (AvgIpc) is 3.33. The number of nitrogens with zero attached hydrogens (tertiary/aromatic N) is 2. The van der Waals surface area contributed by atoms with Crippen LogP contribution >= 0.6 is 11.3 Å². The number of anilines is 1. The van der Waals surface area contributed by atoms with E-state index in [2.05, 4.69) is 20.6 Å². The van der Waals surface area contributed by atoms with Gasteiger partial charge < -0.3 is 10.1 Å². The molecule has 0 radical (unpaired) electrons. The van der Waals surface area contributed by atoms with Gasteiger partial charge in [0, 0.05) is 18.0 Å². The van der Waals surface area contributed by atoms with Gasteiger partial charge >= 0.3 is 6.03 Å². The van der Waals surface area contributed by atoms with Crippen molar-refractivity contribution < 1.29 is 9.53 Å². The summed E-state index contributed by atoms with van der Waals surface area (Å²) in [6.45, 7) is 1.79. The average molecular weight is 330 g/mol. The number of carbonyl (C=O) groups is 1. The fraction of sp³-hybridized carbons (Fsp3) is 0.438. The first-order chi connectivity index (χ1) is 11.3. The quantitative estimate of drug-likeness (QED) is 0.904. The van der Waals surface area contributed by atoms with Crippen LogP contribution in [-0.4, -0.2) is 22.6 Å². The van der Waals surface area contributed by atoms with Gasteiger partial charge in [-0.05, 0) is 25.0 Å². The minimum absolute atomic E-state index is 0.255. The molecule has 2 N–H and O–H groups in total. The molecule has 4 rings (SSSR count). The van der Waals surface area contributed by atoms with Gasteiger partial charge in [-0.15, -0.1) is 11.3 Å². The second-order valence-corrected chi connectivity index (χ2v) is 6.98. The van der Waals surface area contributed by atoms with E-state index in [0.29, 0.717) is 24.9 Å². The molecule has 120 valence electrons. The molecule has 0 saturated heterocycles. The molecule has 7 heteroatoms. The van der Waals surface area contributed by atoms with E-state index in [1.54, 1.807) is 11.3 Å². The van der Waals surface area contributed by atoms with Crippen molar-refractivity contribution in [3.63, 3.8) is 0 Å². The van der Waals surface area contributed by atoms with Crippen molar-refractivity contribution in [1.29, 1.82) is 0 Å². The van der Waals surface area contributed by atoms with Gasteiger partial charge in [0.25, 0.3) is 0 Å². The Morgan fingerprint density at radius 2 is 2.26 bits per heavy atom. The number of urea groups is 1. The Hall–Kier alpha value is -1.99. The molecule has 23 heavy (non-hydrogen) atoms. The molecule has 6 nitrogen and oxygen atoms in total. The summed E-state index contributed by atoms with van der Waals surface area (Å²) in [5, 5.41) is 6.54. The van der Waals surface area contributed by atoms with Crippen LogP contribution in [0.5, 0.6) is 0 Å². The van der Waals surface area contributed by atoms with E-state index < -0.39 is 0 Å². The summed E-state index contributed by atoms with van der Waals surface area (Å²) < 4.78 is 5.41. The maximum absolute atomic E-state index is 12.0. The number of rotatable bonds is 4. The maximum Gasteiger partial charge on any atom is 0.320 e. The lowest BCUT2D eigenvalue weighted by molar-refractivity contribution is 0.112. The predicted molar refractivity (Wildman–Crippen MR) is 87.5 cm³/mol. The smallest absolute Gasteiger partial charge is 0.320 e. The van der Waals surface area contributed by atoms with Gasteiger partial charge in [0.15, 0.2) is 0 Å². The van der Waals surface area contributed by atoms with Crippen molar-refractivity contribution in [2.45, 2.75) is 38.3 Å². The molecule has 0 spiro atoms. The monoisotopic (exact) mass is 330 g/mol. The number of thiazole rings is 1. The standard InChI is InChI=1S/C16H18N4O2S/c21-16(20-14-3-1-2-11(18-14)10-4-5-10)17-8-15-19-12-6-7-22-9-13(12)23-15/h1-3,10H,4-9H2,(H2,17,18,20,21). The van der Waals surface area contributed by atoms with Gasteiger partial charge in [0.2, 0.25) is 0 Å². The number of nitrogens with one attached hydrogen (secondary N) is 2. The fourth-order valence-corrected chi connectivity index (χ4v) is 3.59. The van der Waals surface area contributed by atoms with Crippen molar-refractivity contribution in [3.05, 3.63) is 39.5 Å². The molecule has 0 atom stereocenters. The summed E-state index contributed by atoms with van der Waals surface area (Å²) in [4.78, 5) is 22.2. The predicted octanol–water partition coefficient (Wildman–Crippen LogP) is 2.81. The van der Waals surface area contributed by atoms with E-state index in [9.17, 15) is 4.79 Å². The van der Waals surface area contributed by atoms with E-state index in [4.69, 9.17) is 4.74 Å². The molecule has 1 aliphatic carbocycles. The largest absolute Gasteiger partial charge is 0.375 e. The number of ether oxygens (including phenoxy) is 1. The first kappa shape index (κ1) is 14.6. The lowest BCUT2D eigenvalue weighted by Gasteiger charge is -2.08. The second-order valence-electron chi connectivity index (χ2n) is 5.81. The summed E-state index contributed by atoms with van der Waals surface area (Å²) in [6, 6.07) is 5.51. The Balaban J connectivity index is 1.33. The molecule has 0 unspecified atom stereocenters. The van der Waals surface area contributed by atoms with E-state index >= 15 is 0 Å². The van der Waals surface area contributed by atoms with Crippen molar-refractivity contribution in [2.75, 3.05) is 11.9 Å². The lowest BCUT2D eigenvalue weighted by atomic mass is 10.2. The number of fused-ring (bicyclic) bond motifs is 1. The first-order valence-electron chi connectivity index (χ1n) is 7.85. The number of pyridine rings is 1. The van der Waals surface area contributed by atoms with Crippen molar-refractivity contribution in [3.8, 4) is 0 Å². The zero-order chi connectivity index (χ0) is 15.6. The minimum atomic E-state index is -0.255. The van der Waals surface area contributed by atoms with Crippen LogP contribution < -0.4 is 10.6 Å². The third kappa shape index (κ3) is 3.51. The Morgan fingerprint density at radius 1 is 1.35 bits per heavy atom. The van der Waals surface area contributed by atoms with Crippen LogP contribution in [0.2, 0.25) is 0 Å². The summed E-state index contributed by atoms with van der Waals surface area (Å²) >= 11 is 1.60. The highest BCUT2D eigenvalue weighted by molar-refractivity contribution is 7.11. The Bertz CT molecular complexity index is 703. The van der Waals surface area contributed by atoms with E-state index in [1.165, 1.54) is 17.7 Å². The Kier molecular flexibility index (Phi) is 3.97. The van der Waals surface area contributed by atoms with E-state index in [-0.39, 0.29) is 6.03 Å². The van der Waals surface area contributed by atoms with Gasteiger partial charge in [-0.3, -0.25) is 5.32 Å². The fourth-order valence-electron chi connectivity index (χ4n) is 2.60. The van der Waals surface area contributed by atoms with Crippen LogP contribution in [0.3, 0.4) is 0 Å². The van der Waals surface area contributed by atoms with Gasteiger partial charge in [-0.1, -0.05) is 6.07 Å². The third-order valence-corrected chi connectivity index (χ3v) is 5.02. The Morgan fingerprint density at radius 3 is 3.09 bits per heavy atom. The summed E-state index contributed by atoms with van der Waals surface area (Å²) in [5.74, 6) is 1.17. The minimum Gasteiger partial charge on any atom is -0.375 e. The van der Waals surface area contributed by atoms with Crippen LogP contribution in [0.4, 0.5) is 10.6 Å². The topological polar surface area (TPSA) is 76.1 Å². The normalized spacial score (nSPS) is 16.7. The molecule has 2 aromatic rings. The summed E-state index contributed by atoms with van der Waals surface area (Å²) in [6.07, 6.45) is 3.25. The van der Waals surface area contributed by atoms with Crippen LogP contribution in [-0.2, 0) is 24.3 Å². The van der Waals surface area contributed by atoms with Gasteiger partial charge in [0.05, 0.1) is 30.3 Å². The molecule has 1 fully saturated rings. The number of amides is 2. The van der Waals surface area contributed by atoms with Crippen LogP contribution in [0.15, 0.2) is 18.2 Å².